The number of nitrogens with zero attached hydrogens (tertiary/aromatic N) is 1. The Balaban J connectivity index is 1.83. The number of aromatic nitrogens is 1. The van der Waals surface area contributed by atoms with Gasteiger partial charge in [-0.1, -0.05) is 12.1 Å². The standard InChI is InChI=1S/C14H16N2OS/c15-10-7-5-9(6-8-10)13(17)14-16-11-3-1-2-4-12(11)18-14/h1-4,9-10H,5-8,15H2. The second-order valence-corrected chi connectivity index (χ2v) is 5.99. The van der Waals surface area contributed by atoms with E-state index in [1.54, 1.807) is 0 Å². The lowest BCUT2D eigenvalue weighted by Crippen LogP contribution is -2.29. The molecule has 94 valence electrons. The molecule has 3 rings (SSSR count). The highest BCUT2D eigenvalue weighted by Gasteiger charge is 2.27. The summed E-state index contributed by atoms with van der Waals surface area (Å²) in [6.45, 7) is 0. The zero-order valence-corrected chi connectivity index (χ0v) is 11.0. The SMILES string of the molecule is NC1CCC(C(=O)c2nc3ccccc3s2)CC1. The third-order valence-electron chi connectivity index (χ3n) is 3.65. The van der Waals surface area contributed by atoms with Gasteiger partial charge in [-0.15, -0.1) is 11.3 Å². The maximum absolute atomic E-state index is 12.4. The number of carbonyl (C=O) groups excluding carboxylic acids is 1. The van der Waals surface area contributed by atoms with Crippen LogP contribution in [0.25, 0.3) is 10.2 Å². The number of hydrogen-bond acceptors (Lipinski definition) is 4. The molecular weight excluding hydrogens is 244 g/mol. The number of hydrogen-bond donors (Lipinski definition) is 1. The number of Topliss-reactive ketones (excluding diaryl/α,β-unsaturated/α-hetero) is 1. The maximum Gasteiger partial charge on any atom is 0.194 e. The summed E-state index contributed by atoms with van der Waals surface area (Å²) in [5.74, 6) is 0.341. The highest BCUT2D eigenvalue weighted by Crippen LogP contribution is 2.29. The van der Waals surface area contributed by atoms with Crippen molar-refractivity contribution in [2.75, 3.05) is 0 Å². The maximum atomic E-state index is 12.4. The molecule has 1 fully saturated rings. The summed E-state index contributed by atoms with van der Waals surface area (Å²) >= 11 is 1.51. The van der Waals surface area contributed by atoms with E-state index in [9.17, 15) is 4.79 Å². The Hall–Kier alpha value is -1.26. The molecule has 1 saturated carbocycles. The van der Waals surface area contributed by atoms with E-state index in [1.807, 2.05) is 24.3 Å². The first-order chi connectivity index (χ1) is 8.74. The van der Waals surface area contributed by atoms with Crippen molar-refractivity contribution >= 4 is 27.3 Å². The Morgan fingerprint density at radius 2 is 1.94 bits per heavy atom. The van der Waals surface area contributed by atoms with Crippen molar-refractivity contribution in [3.8, 4) is 0 Å². The van der Waals surface area contributed by atoms with E-state index in [2.05, 4.69) is 4.98 Å². The third-order valence-corrected chi connectivity index (χ3v) is 4.70. The molecule has 1 aromatic heterocycles. The van der Waals surface area contributed by atoms with E-state index < -0.39 is 0 Å². The quantitative estimate of drug-likeness (QED) is 0.844. The number of nitrogens with two attached hydrogens (primary N) is 1. The molecule has 3 nitrogen and oxygen atoms in total. The molecule has 0 unspecified atom stereocenters. The molecule has 0 saturated heterocycles. The predicted octanol–water partition coefficient (Wildman–Crippen LogP) is 3.00. The first-order valence-corrected chi connectivity index (χ1v) is 7.21. The molecule has 0 aliphatic heterocycles. The summed E-state index contributed by atoms with van der Waals surface area (Å²) < 4.78 is 1.09. The Kier molecular flexibility index (Phi) is 3.14. The van der Waals surface area contributed by atoms with Crippen LogP contribution in [0.4, 0.5) is 0 Å². The number of fused-ring (bicyclic) bond motifs is 1. The van der Waals surface area contributed by atoms with Crippen LogP contribution in [0.1, 0.15) is 35.5 Å². The van der Waals surface area contributed by atoms with Crippen LogP contribution in [0.5, 0.6) is 0 Å². The Morgan fingerprint density at radius 3 is 2.67 bits per heavy atom. The fourth-order valence-corrected chi connectivity index (χ4v) is 3.52. The lowest BCUT2D eigenvalue weighted by atomic mass is 9.84. The van der Waals surface area contributed by atoms with Gasteiger partial charge >= 0.3 is 0 Å². The molecule has 1 aliphatic carbocycles. The molecule has 0 atom stereocenters. The molecule has 4 heteroatoms. The highest BCUT2D eigenvalue weighted by molar-refractivity contribution is 7.20. The second-order valence-electron chi connectivity index (χ2n) is 4.96. The van der Waals surface area contributed by atoms with Crippen LogP contribution < -0.4 is 5.73 Å². The minimum absolute atomic E-state index is 0.130. The van der Waals surface area contributed by atoms with Crippen LogP contribution >= 0.6 is 11.3 Å². The lowest BCUT2D eigenvalue weighted by Gasteiger charge is -2.24. The Morgan fingerprint density at radius 1 is 1.22 bits per heavy atom. The van der Waals surface area contributed by atoms with Gasteiger partial charge in [0.2, 0.25) is 0 Å². The normalized spacial score (nSPS) is 24.3. The summed E-state index contributed by atoms with van der Waals surface area (Å²) in [6, 6.07) is 8.19. The molecule has 18 heavy (non-hydrogen) atoms. The van der Waals surface area contributed by atoms with Gasteiger partial charge < -0.3 is 5.73 Å². The fraction of sp³-hybridized carbons (Fsp3) is 0.429. The predicted molar refractivity (Wildman–Crippen MR) is 73.9 cm³/mol. The Bertz CT molecular complexity index is 537. The molecule has 0 spiro atoms. The molecule has 0 bridgehead atoms. The van der Waals surface area contributed by atoms with E-state index in [1.165, 1.54) is 11.3 Å². The Labute approximate surface area is 110 Å². The highest BCUT2D eigenvalue weighted by atomic mass is 32.1. The first kappa shape index (κ1) is 11.8. The van der Waals surface area contributed by atoms with Crippen LogP contribution in [0.15, 0.2) is 24.3 Å². The van der Waals surface area contributed by atoms with Crippen LogP contribution in [0.3, 0.4) is 0 Å². The van der Waals surface area contributed by atoms with Crippen LogP contribution in [-0.4, -0.2) is 16.8 Å². The van der Waals surface area contributed by atoms with E-state index in [0.29, 0.717) is 5.01 Å². The van der Waals surface area contributed by atoms with Crippen molar-refractivity contribution in [2.24, 2.45) is 11.7 Å². The van der Waals surface area contributed by atoms with E-state index >= 15 is 0 Å². The van der Waals surface area contributed by atoms with Gasteiger partial charge in [-0.2, -0.15) is 0 Å². The zero-order valence-electron chi connectivity index (χ0n) is 10.1. The monoisotopic (exact) mass is 260 g/mol. The molecular formula is C14H16N2OS. The third kappa shape index (κ3) is 2.18. The summed E-state index contributed by atoms with van der Waals surface area (Å²) in [4.78, 5) is 16.8. The zero-order chi connectivity index (χ0) is 12.5. The number of ketones is 1. The van der Waals surface area contributed by atoms with Crippen LogP contribution in [0.2, 0.25) is 0 Å². The van der Waals surface area contributed by atoms with Crippen molar-refractivity contribution < 1.29 is 4.79 Å². The molecule has 2 aromatic rings. The molecule has 0 amide bonds. The summed E-state index contributed by atoms with van der Waals surface area (Å²) in [5, 5.41) is 0.664. The smallest absolute Gasteiger partial charge is 0.194 e. The van der Waals surface area contributed by atoms with Gasteiger partial charge in [-0.25, -0.2) is 4.98 Å². The number of carbonyl (C=O) groups is 1. The average Bonchev–Trinajstić information content (AvgIpc) is 2.82. The van der Waals surface area contributed by atoms with Crippen molar-refractivity contribution in [3.05, 3.63) is 29.3 Å². The van der Waals surface area contributed by atoms with Crippen LogP contribution in [-0.2, 0) is 0 Å². The lowest BCUT2D eigenvalue weighted by molar-refractivity contribution is 0.0884. The molecule has 2 N–H and O–H groups in total. The average molecular weight is 260 g/mol. The molecule has 1 aromatic carbocycles. The van der Waals surface area contributed by atoms with Crippen molar-refractivity contribution in [3.63, 3.8) is 0 Å². The fourth-order valence-electron chi connectivity index (χ4n) is 2.53. The number of thiazole rings is 1. The van der Waals surface area contributed by atoms with Crippen LogP contribution in [0, 0.1) is 5.92 Å². The van der Waals surface area contributed by atoms with Gasteiger partial charge in [0.25, 0.3) is 0 Å². The van der Waals surface area contributed by atoms with E-state index in [-0.39, 0.29) is 17.7 Å². The molecule has 1 aliphatic rings. The number of benzene rings is 1. The minimum atomic E-state index is 0.130. The van der Waals surface area contributed by atoms with Gasteiger partial charge in [-0.3, -0.25) is 4.79 Å². The summed E-state index contributed by atoms with van der Waals surface area (Å²) in [5.41, 5.74) is 6.80. The second kappa shape index (κ2) is 4.78. The largest absolute Gasteiger partial charge is 0.328 e. The summed E-state index contributed by atoms with van der Waals surface area (Å²) in [6.07, 6.45) is 3.74. The molecule has 0 radical (unpaired) electrons. The molecule has 1 heterocycles. The van der Waals surface area contributed by atoms with Crippen molar-refractivity contribution in [1.82, 2.24) is 4.98 Å². The number of para-hydroxylation sites is 1. The van der Waals surface area contributed by atoms with Crippen molar-refractivity contribution in [1.29, 1.82) is 0 Å². The van der Waals surface area contributed by atoms with Gasteiger partial charge in [0.15, 0.2) is 10.8 Å². The summed E-state index contributed by atoms with van der Waals surface area (Å²) in [7, 11) is 0. The van der Waals surface area contributed by atoms with Crippen molar-refractivity contribution in [2.45, 2.75) is 31.7 Å². The van der Waals surface area contributed by atoms with E-state index in [0.717, 1.165) is 35.9 Å². The topological polar surface area (TPSA) is 56.0 Å². The van der Waals surface area contributed by atoms with Gasteiger partial charge in [0.05, 0.1) is 10.2 Å². The minimum Gasteiger partial charge on any atom is -0.328 e. The van der Waals surface area contributed by atoms with E-state index in [4.69, 9.17) is 5.73 Å². The van der Waals surface area contributed by atoms with Gasteiger partial charge in [0, 0.05) is 12.0 Å². The van der Waals surface area contributed by atoms with Gasteiger partial charge in [-0.05, 0) is 37.8 Å². The first-order valence-electron chi connectivity index (χ1n) is 6.39. The number of rotatable bonds is 2. The van der Waals surface area contributed by atoms with Gasteiger partial charge in [0.1, 0.15) is 0 Å².